The van der Waals surface area contributed by atoms with Crippen molar-refractivity contribution in [3.63, 3.8) is 0 Å². The van der Waals surface area contributed by atoms with Gasteiger partial charge in [-0.25, -0.2) is 9.50 Å². The van der Waals surface area contributed by atoms with Crippen molar-refractivity contribution >= 4 is 5.52 Å². The van der Waals surface area contributed by atoms with Crippen LogP contribution in [-0.2, 0) is 13.1 Å². The highest BCUT2D eigenvalue weighted by molar-refractivity contribution is 5.53. The first-order valence-corrected chi connectivity index (χ1v) is 6.29. The van der Waals surface area contributed by atoms with Crippen molar-refractivity contribution in [1.82, 2.24) is 19.9 Å². The minimum atomic E-state index is 0.624. The van der Waals surface area contributed by atoms with Gasteiger partial charge in [-0.1, -0.05) is 6.07 Å². The fourth-order valence-corrected chi connectivity index (χ4v) is 2.04. The smallest absolute Gasteiger partial charge is 0.208 e. The molecule has 0 unspecified atom stereocenters. The van der Waals surface area contributed by atoms with E-state index in [0.717, 1.165) is 29.4 Å². The van der Waals surface area contributed by atoms with E-state index in [1.54, 1.807) is 0 Å². The molecular weight excluding hydrogens is 240 g/mol. The monoisotopic (exact) mass is 256 g/mol. The number of hydrogen-bond acceptors (Lipinski definition) is 4. The minimum absolute atomic E-state index is 0.624. The maximum Gasteiger partial charge on any atom is 0.208 e. The number of nitrogens with zero attached hydrogens (tertiary/aromatic N) is 3. The van der Waals surface area contributed by atoms with Crippen molar-refractivity contribution in [2.75, 3.05) is 0 Å². The highest BCUT2D eigenvalue weighted by atomic mass is 16.4. The third kappa shape index (κ3) is 2.37. The van der Waals surface area contributed by atoms with Gasteiger partial charge in [0.1, 0.15) is 5.76 Å². The SMILES string of the molecule is Cc1nc(CNCc2cnn3ccccc23)oc1C. The number of oxazole rings is 1. The summed E-state index contributed by atoms with van der Waals surface area (Å²) in [5.41, 5.74) is 3.24. The van der Waals surface area contributed by atoms with Crippen LogP contribution in [0.2, 0.25) is 0 Å². The molecule has 0 bridgehead atoms. The predicted octanol–water partition coefficient (Wildman–Crippen LogP) is 2.23. The van der Waals surface area contributed by atoms with Gasteiger partial charge < -0.3 is 9.73 Å². The second-order valence-electron chi connectivity index (χ2n) is 4.55. The molecule has 0 spiro atoms. The largest absolute Gasteiger partial charge is 0.444 e. The van der Waals surface area contributed by atoms with E-state index in [-0.39, 0.29) is 0 Å². The van der Waals surface area contributed by atoms with Crippen LogP contribution in [0.25, 0.3) is 5.52 Å². The van der Waals surface area contributed by atoms with Gasteiger partial charge in [0.15, 0.2) is 0 Å². The second kappa shape index (κ2) is 4.85. The molecule has 3 aromatic rings. The van der Waals surface area contributed by atoms with E-state index in [9.17, 15) is 0 Å². The quantitative estimate of drug-likeness (QED) is 0.777. The number of hydrogen-bond donors (Lipinski definition) is 1. The van der Waals surface area contributed by atoms with Gasteiger partial charge in [-0.05, 0) is 26.0 Å². The summed E-state index contributed by atoms with van der Waals surface area (Å²) in [5, 5.41) is 7.63. The van der Waals surface area contributed by atoms with Gasteiger partial charge in [0.05, 0.1) is 24.0 Å². The number of aryl methyl sites for hydroxylation is 2. The molecule has 0 aliphatic carbocycles. The zero-order valence-corrected chi connectivity index (χ0v) is 11.1. The Kier molecular flexibility index (Phi) is 3.05. The molecule has 0 aliphatic heterocycles. The lowest BCUT2D eigenvalue weighted by Crippen LogP contribution is -2.12. The van der Waals surface area contributed by atoms with E-state index in [2.05, 4.69) is 21.5 Å². The van der Waals surface area contributed by atoms with Gasteiger partial charge in [0.25, 0.3) is 0 Å². The van der Waals surface area contributed by atoms with Crippen molar-refractivity contribution in [3.05, 3.63) is 53.5 Å². The summed E-state index contributed by atoms with van der Waals surface area (Å²) < 4.78 is 7.40. The Morgan fingerprint density at radius 1 is 1.26 bits per heavy atom. The van der Waals surface area contributed by atoms with Crippen LogP contribution < -0.4 is 5.32 Å². The van der Waals surface area contributed by atoms with E-state index in [4.69, 9.17) is 4.42 Å². The molecular formula is C14H16N4O. The summed E-state index contributed by atoms with van der Waals surface area (Å²) in [6.45, 7) is 5.25. The number of pyridine rings is 1. The highest BCUT2D eigenvalue weighted by Crippen LogP contribution is 2.11. The Hall–Kier alpha value is -2.14. The summed E-state index contributed by atoms with van der Waals surface area (Å²) in [7, 11) is 0. The summed E-state index contributed by atoms with van der Waals surface area (Å²) in [4.78, 5) is 4.34. The standard InChI is InChI=1S/C14H16N4O/c1-10-11(2)19-14(17-10)9-15-7-12-8-16-18-6-4-3-5-13(12)18/h3-6,8,15H,7,9H2,1-2H3. The third-order valence-electron chi connectivity index (χ3n) is 3.17. The van der Waals surface area contributed by atoms with E-state index in [1.807, 2.05) is 42.9 Å². The van der Waals surface area contributed by atoms with E-state index in [1.165, 1.54) is 5.56 Å². The number of nitrogens with one attached hydrogen (secondary N) is 1. The molecule has 3 aromatic heterocycles. The first kappa shape index (κ1) is 11.9. The molecule has 0 aromatic carbocycles. The number of fused-ring (bicyclic) bond motifs is 1. The van der Waals surface area contributed by atoms with E-state index >= 15 is 0 Å². The van der Waals surface area contributed by atoms with Crippen LogP contribution in [0.15, 0.2) is 35.0 Å². The molecule has 0 radical (unpaired) electrons. The van der Waals surface area contributed by atoms with E-state index < -0.39 is 0 Å². The zero-order chi connectivity index (χ0) is 13.2. The number of rotatable bonds is 4. The van der Waals surface area contributed by atoms with Crippen molar-refractivity contribution in [3.8, 4) is 0 Å². The molecule has 0 saturated heterocycles. The van der Waals surface area contributed by atoms with Crippen LogP contribution >= 0.6 is 0 Å². The van der Waals surface area contributed by atoms with Gasteiger partial charge in [0.2, 0.25) is 5.89 Å². The summed E-state index contributed by atoms with van der Waals surface area (Å²) in [5.74, 6) is 1.61. The fraction of sp³-hybridized carbons (Fsp3) is 0.286. The molecule has 3 rings (SSSR count). The summed E-state index contributed by atoms with van der Waals surface area (Å²) >= 11 is 0. The van der Waals surface area contributed by atoms with Gasteiger partial charge in [0, 0.05) is 18.3 Å². The highest BCUT2D eigenvalue weighted by Gasteiger charge is 2.06. The second-order valence-corrected chi connectivity index (χ2v) is 4.55. The average Bonchev–Trinajstić information content (AvgIpc) is 2.95. The first-order chi connectivity index (χ1) is 9.24. The van der Waals surface area contributed by atoms with Crippen LogP contribution in [0.1, 0.15) is 22.9 Å². The Balaban J connectivity index is 1.66. The molecule has 1 N–H and O–H groups in total. The molecule has 0 amide bonds. The fourth-order valence-electron chi connectivity index (χ4n) is 2.04. The first-order valence-electron chi connectivity index (χ1n) is 6.29. The Morgan fingerprint density at radius 2 is 2.16 bits per heavy atom. The number of aromatic nitrogens is 3. The minimum Gasteiger partial charge on any atom is -0.444 e. The molecule has 0 aliphatic rings. The third-order valence-corrected chi connectivity index (χ3v) is 3.17. The van der Waals surface area contributed by atoms with Crippen molar-refractivity contribution in [1.29, 1.82) is 0 Å². The predicted molar refractivity (Wildman–Crippen MR) is 71.7 cm³/mol. The lowest BCUT2D eigenvalue weighted by Gasteiger charge is -2.00. The summed E-state index contributed by atoms with van der Waals surface area (Å²) in [6.07, 6.45) is 3.83. The average molecular weight is 256 g/mol. The van der Waals surface area contributed by atoms with Crippen molar-refractivity contribution < 1.29 is 4.42 Å². The lowest BCUT2D eigenvalue weighted by atomic mass is 10.2. The van der Waals surface area contributed by atoms with E-state index in [0.29, 0.717) is 6.54 Å². The van der Waals surface area contributed by atoms with Gasteiger partial charge in [-0.15, -0.1) is 0 Å². The zero-order valence-electron chi connectivity index (χ0n) is 11.1. The van der Waals surface area contributed by atoms with Crippen molar-refractivity contribution in [2.24, 2.45) is 0 Å². The van der Waals surface area contributed by atoms with Crippen LogP contribution in [0.5, 0.6) is 0 Å². The molecule has 3 heterocycles. The molecule has 0 fully saturated rings. The van der Waals surface area contributed by atoms with Gasteiger partial charge >= 0.3 is 0 Å². The lowest BCUT2D eigenvalue weighted by molar-refractivity contribution is 0.449. The molecule has 0 saturated carbocycles. The van der Waals surface area contributed by atoms with Gasteiger partial charge in [-0.3, -0.25) is 0 Å². The van der Waals surface area contributed by atoms with Gasteiger partial charge in [-0.2, -0.15) is 5.10 Å². The molecule has 0 atom stereocenters. The normalized spacial score (nSPS) is 11.3. The molecule has 19 heavy (non-hydrogen) atoms. The van der Waals surface area contributed by atoms with Crippen LogP contribution in [0.3, 0.4) is 0 Å². The maximum atomic E-state index is 5.53. The maximum absolute atomic E-state index is 5.53. The van der Waals surface area contributed by atoms with Crippen LogP contribution in [-0.4, -0.2) is 14.6 Å². The molecule has 5 heteroatoms. The molecule has 5 nitrogen and oxygen atoms in total. The van der Waals surface area contributed by atoms with Crippen LogP contribution in [0.4, 0.5) is 0 Å². The Bertz CT molecular complexity index is 679. The van der Waals surface area contributed by atoms with Crippen LogP contribution in [0, 0.1) is 13.8 Å². The Morgan fingerprint density at radius 3 is 2.95 bits per heavy atom. The topological polar surface area (TPSA) is 55.4 Å². The van der Waals surface area contributed by atoms with Crippen molar-refractivity contribution in [2.45, 2.75) is 26.9 Å². The molecule has 98 valence electrons. The summed E-state index contributed by atoms with van der Waals surface area (Å²) in [6, 6.07) is 6.04. The Labute approximate surface area is 111 Å².